The van der Waals surface area contributed by atoms with Crippen molar-refractivity contribution in [1.82, 2.24) is 14.9 Å². The third-order valence-corrected chi connectivity index (χ3v) is 3.37. The second kappa shape index (κ2) is 10.4. The van der Waals surface area contributed by atoms with E-state index in [1.54, 1.807) is 0 Å². The average molecular weight is 294 g/mol. The van der Waals surface area contributed by atoms with Crippen LogP contribution in [0.2, 0.25) is 0 Å². The maximum absolute atomic E-state index is 5.51. The molecule has 1 rings (SSSR count). The van der Waals surface area contributed by atoms with Crippen molar-refractivity contribution in [2.75, 3.05) is 38.1 Å². The van der Waals surface area contributed by atoms with E-state index in [9.17, 15) is 0 Å². The molecule has 1 N–H and O–H groups in total. The lowest BCUT2D eigenvalue weighted by atomic mass is 10.3. The minimum absolute atomic E-state index is 0.629. The van der Waals surface area contributed by atoms with E-state index in [0.717, 1.165) is 57.1 Å². The predicted octanol–water partition coefficient (Wildman–Crippen LogP) is 2.97. The van der Waals surface area contributed by atoms with Gasteiger partial charge in [-0.15, -0.1) is 0 Å². The summed E-state index contributed by atoms with van der Waals surface area (Å²) >= 11 is 0. The molecule has 0 aliphatic carbocycles. The van der Waals surface area contributed by atoms with Crippen LogP contribution < -0.4 is 10.1 Å². The summed E-state index contributed by atoms with van der Waals surface area (Å²) in [7, 11) is 0. The Balaban J connectivity index is 2.52. The molecule has 0 aliphatic rings. The fraction of sp³-hybridized carbons (Fsp3) is 0.750. The first-order chi connectivity index (χ1) is 10.2. The Morgan fingerprint density at radius 2 is 1.90 bits per heavy atom. The molecule has 21 heavy (non-hydrogen) atoms. The van der Waals surface area contributed by atoms with E-state index >= 15 is 0 Å². The fourth-order valence-electron chi connectivity index (χ4n) is 2.18. The molecule has 1 heterocycles. The minimum atomic E-state index is 0.629. The highest BCUT2D eigenvalue weighted by Crippen LogP contribution is 2.14. The smallest absolute Gasteiger partial charge is 0.218 e. The molecular weight excluding hydrogens is 264 g/mol. The van der Waals surface area contributed by atoms with Crippen molar-refractivity contribution in [3.8, 4) is 5.88 Å². The van der Waals surface area contributed by atoms with Crippen LogP contribution in [0.15, 0.2) is 6.07 Å². The van der Waals surface area contributed by atoms with Gasteiger partial charge in [0.1, 0.15) is 11.6 Å². The normalized spacial score (nSPS) is 10.9. The molecule has 5 nitrogen and oxygen atoms in total. The maximum Gasteiger partial charge on any atom is 0.218 e. The molecule has 0 unspecified atom stereocenters. The van der Waals surface area contributed by atoms with Gasteiger partial charge in [0.25, 0.3) is 0 Å². The van der Waals surface area contributed by atoms with Crippen LogP contribution in [0.4, 0.5) is 5.82 Å². The quantitative estimate of drug-likeness (QED) is 0.636. The topological polar surface area (TPSA) is 50.3 Å². The van der Waals surface area contributed by atoms with Crippen molar-refractivity contribution in [3.05, 3.63) is 11.9 Å². The van der Waals surface area contributed by atoms with Gasteiger partial charge in [0.15, 0.2) is 0 Å². The number of rotatable bonds is 11. The van der Waals surface area contributed by atoms with Crippen LogP contribution in [0.5, 0.6) is 5.88 Å². The number of anilines is 1. The largest absolute Gasteiger partial charge is 0.478 e. The average Bonchev–Trinajstić information content (AvgIpc) is 2.48. The molecule has 1 aromatic rings. The summed E-state index contributed by atoms with van der Waals surface area (Å²) in [6.45, 7) is 13.4. The van der Waals surface area contributed by atoms with Gasteiger partial charge in [0, 0.05) is 19.0 Å². The summed E-state index contributed by atoms with van der Waals surface area (Å²) in [4.78, 5) is 11.4. The van der Waals surface area contributed by atoms with E-state index in [0.29, 0.717) is 12.5 Å². The number of hydrogen-bond donors (Lipinski definition) is 1. The molecule has 0 bridgehead atoms. The highest BCUT2D eigenvalue weighted by atomic mass is 16.5. The van der Waals surface area contributed by atoms with Crippen LogP contribution in [0.3, 0.4) is 0 Å². The summed E-state index contributed by atoms with van der Waals surface area (Å²) in [6, 6.07) is 1.89. The standard InChI is InChI=1S/C16H30N4O/c1-5-10-14-18-15(13-16(19-14)21-8-4)17-11-9-12-20(6-2)7-3/h13H,5-12H2,1-4H3,(H,17,18,19). The van der Waals surface area contributed by atoms with Gasteiger partial charge in [0.05, 0.1) is 6.61 Å². The van der Waals surface area contributed by atoms with Crippen LogP contribution >= 0.6 is 0 Å². The molecule has 0 aromatic carbocycles. The first-order valence-corrected chi connectivity index (χ1v) is 8.20. The number of aryl methyl sites for hydroxylation is 1. The lowest BCUT2D eigenvalue weighted by Gasteiger charge is -2.18. The van der Waals surface area contributed by atoms with E-state index < -0.39 is 0 Å². The van der Waals surface area contributed by atoms with Crippen molar-refractivity contribution in [2.24, 2.45) is 0 Å². The highest BCUT2D eigenvalue weighted by molar-refractivity contribution is 5.38. The zero-order valence-electron chi connectivity index (χ0n) is 14.0. The molecule has 120 valence electrons. The van der Waals surface area contributed by atoms with Crippen LogP contribution in [0.1, 0.15) is 46.4 Å². The van der Waals surface area contributed by atoms with E-state index in [4.69, 9.17) is 4.74 Å². The molecular formula is C16H30N4O. The van der Waals surface area contributed by atoms with E-state index in [2.05, 4.69) is 41.0 Å². The molecule has 0 spiro atoms. The minimum Gasteiger partial charge on any atom is -0.478 e. The van der Waals surface area contributed by atoms with Gasteiger partial charge in [-0.2, -0.15) is 4.98 Å². The van der Waals surface area contributed by atoms with Gasteiger partial charge in [-0.05, 0) is 39.4 Å². The zero-order chi connectivity index (χ0) is 15.5. The lowest BCUT2D eigenvalue weighted by Crippen LogP contribution is -2.25. The van der Waals surface area contributed by atoms with E-state index in [-0.39, 0.29) is 0 Å². The van der Waals surface area contributed by atoms with Crippen molar-refractivity contribution < 1.29 is 4.74 Å². The highest BCUT2D eigenvalue weighted by Gasteiger charge is 2.05. The summed E-state index contributed by atoms with van der Waals surface area (Å²) in [5.41, 5.74) is 0. The predicted molar refractivity (Wildman–Crippen MR) is 88.1 cm³/mol. The summed E-state index contributed by atoms with van der Waals surface area (Å²) in [5, 5.41) is 3.39. The van der Waals surface area contributed by atoms with Crippen LogP contribution in [-0.2, 0) is 6.42 Å². The van der Waals surface area contributed by atoms with Gasteiger partial charge in [0.2, 0.25) is 5.88 Å². The number of aromatic nitrogens is 2. The van der Waals surface area contributed by atoms with E-state index in [1.165, 1.54) is 0 Å². The third kappa shape index (κ3) is 6.76. The monoisotopic (exact) mass is 294 g/mol. The molecule has 0 atom stereocenters. The first kappa shape index (κ1) is 17.7. The number of nitrogens with one attached hydrogen (secondary N) is 1. The number of ether oxygens (including phenoxy) is 1. The first-order valence-electron chi connectivity index (χ1n) is 8.20. The Labute approximate surface area is 129 Å². The lowest BCUT2D eigenvalue weighted by molar-refractivity contribution is 0.303. The molecule has 0 amide bonds. The Hall–Kier alpha value is -1.36. The third-order valence-electron chi connectivity index (χ3n) is 3.37. The Bertz CT molecular complexity index is 370. The Morgan fingerprint density at radius 3 is 2.52 bits per heavy atom. The molecule has 0 aliphatic heterocycles. The van der Waals surface area contributed by atoms with Gasteiger partial charge in [-0.25, -0.2) is 4.98 Å². The molecule has 5 heteroatoms. The second-order valence-electron chi connectivity index (χ2n) is 5.00. The van der Waals surface area contributed by atoms with Gasteiger partial charge >= 0.3 is 0 Å². The molecule has 0 fully saturated rings. The van der Waals surface area contributed by atoms with Gasteiger partial charge in [-0.3, -0.25) is 0 Å². The van der Waals surface area contributed by atoms with E-state index in [1.807, 2.05) is 13.0 Å². The second-order valence-corrected chi connectivity index (χ2v) is 5.00. The van der Waals surface area contributed by atoms with Crippen LogP contribution in [0, 0.1) is 0 Å². The molecule has 0 saturated heterocycles. The maximum atomic E-state index is 5.51. The Morgan fingerprint density at radius 1 is 1.14 bits per heavy atom. The summed E-state index contributed by atoms with van der Waals surface area (Å²) < 4.78 is 5.51. The van der Waals surface area contributed by atoms with Gasteiger partial charge < -0.3 is 15.0 Å². The number of nitrogens with zero attached hydrogens (tertiary/aromatic N) is 3. The van der Waals surface area contributed by atoms with Gasteiger partial charge in [-0.1, -0.05) is 20.8 Å². The fourth-order valence-corrected chi connectivity index (χ4v) is 2.18. The van der Waals surface area contributed by atoms with Crippen molar-refractivity contribution in [3.63, 3.8) is 0 Å². The zero-order valence-corrected chi connectivity index (χ0v) is 14.0. The number of hydrogen-bond acceptors (Lipinski definition) is 5. The van der Waals surface area contributed by atoms with Crippen molar-refractivity contribution in [1.29, 1.82) is 0 Å². The summed E-state index contributed by atoms with van der Waals surface area (Å²) in [5.74, 6) is 2.40. The Kier molecular flexibility index (Phi) is 8.74. The van der Waals surface area contributed by atoms with Crippen molar-refractivity contribution in [2.45, 2.75) is 47.0 Å². The van der Waals surface area contributed by atoms with Crippen LogP contribution in [-0.4, -0.2) is 47.7 Å². The SMILES string of the molecule is CCCc1nc(NCCCN(CC)CC)cc(OCC)n1. The summed E-state index contributed by atoms with van der Waals surface area (Å²) in [6.07, 6.45) is 3.03. The van der Waals surface area contributed by atoms with Crippen LogP contribution in [0.25, 0.3) is 0 Å². The molecule has 0 radical (unpaired) electrons. The van der Waals surface area contributed by atoms with Crippen molar-refractivity contribution >= 4 is 5.82 Å². The molecule has 1 aromatic heterocycles. The molecule has 0 saturated carbocycles.